The molecule has 1 unspecified atom stereocenters. The molecule has 0 saturated heterocycles. The molecule has 3 rings (SSSR count). The third-order valence-corrected chi connectivity index (χ3v) is 5.40. The molecule has 2 heterocycles. The average Bonchev–Trinajstić information content (AvgIpc) is 3.02. The van der Waals surface area contributed by atoms with E-state index < -0.39 is 24.3 Å². The number of aliphatic hydroxyl groups is 2. The van der Waals surface area contributed by atoms with E-state index in [9.17, 15) is 28.6 Å². The third-order valence-electron chi connectivity index (χ3n) is 5.40. The predicted molar refractivity (Wildman–Crippen MR) is 103 cm³/mol. The first-order chi connectivity index (χ1) is 14.7. The number of hydrazine groups is 1. The van der Waals surface area contributed by atoms with Gasteiger partial charge in [-0.05, 0) is 38.2 Å². The van der Waals surface area contributed by atoms with Gasteiger partial charge in [0.2, 0.25) is 12.5 Å². The van der Waals surface area contributed by atoms with Crippen LogP contribution in [-0.4, -0.2) is 58.6 Å². The van der Waals surface area contributed by atoms with Crippen LogP contribution in [0.3, 0.4) is 0 Å². The van der Waals surface area contributed by atoms with Crippen molar-refractivity contribution in [3.05, 3.63) is 39.5 Å². The Morgan fingerprint density at radius 1 is 1.29 bits per heavy atom. The minimum atomic E-state index is -4.56. The minimum Gasteiger partial charge on any atom is -0.571 e. The standard InChI is InChI=1S/C20H28F3N3O5/c1-2-6-14-16(30-10-5-3-4-9-25-17(27)12-24-26(25)29)8-7-13-15(20(21,22)23)11-18(28)31-19(13)14/h11,17-18,27-28H,2-10,12H2,1H3/t17-,18?/m1/s1. The van der Waals surface area contributed by atoms with Gasteiger partial charge in [-0.15, -0.1) is 5.01 Å². The van der Waals surface area contributed by atoms with E-state index in [4.69, 9.17) is 9.47 Å². The Labute approximate surface area is 178 Å². The predicted octanol–water partition coefficient (Wildman–Crippen LogP) is 3.62. The molecule has 8 nitrogen and oxygen atoms in total. The number of hydrogen-bond donors (Lipinski definition) is 2. The van der Waals surface area contributed by atoms with E-state index in [0.717, 1.165) is 6.42 Å². The number of rotatable bonds is 9. The van der Waals surface area contributed by atoms with E-state index in [0.29, 0.717) is 67.6 Å². The molecule has 2 aliphatic heterocycles. The van der Waals surface area contributed by atoms with Gasteiger partial charge in [-0.25, -0.2) is 0 Å². The van der Waals surface area contributed by atoms with Gasteiger partial charge in [0.15, 0.2) is 6.54 Å². The van der Waals surface area contributed by atoms with E-state index in [1.54, 1.807) is 0 Å². The van der Waals surface area contributed by atoms with Gasteiger partial charge in [0.05, 0.1) is 18.7 Å². The molecule has 0 saturated carbocycles. The fraction of sp³-hybridized carbons (Fsp3) is 0.700. The molecule has 2 N–H and O–H groups in total. The maximum absolute atomic E-state index is 13.4. The molecular formula is C20H28F3N3O5. The van der Waals surface area contributed by atoms with E-state index >= 15 is 0 Å². The molecule has 0 aromatic rings. The molecule has 1 aliphatic carbocycles. The summed E-state index contributed by atoms with van der Waals surface area (Å²) < 4.78 is 51.5. The van der Waals surface area contributed by atoms with Crippen LogP contribution in [0.4, 0.5) is 13.2 Å². The van der Waals surface area contributed by atoms with Crippen LogP contribution >= 0.6 is 0 Å². The SMILES string of the molecule is CCCC1=C(OCCCCCN2[C@H](O)CN=[N+]2[O-])CCC2=C1OC(O)C=C2C(F)(F)F. The summed E-state index contributed by atoms with van der Waals surface area (Å²) >= 11 is 0. The van der Waals surface area contributed by atoms with Crippen LogP contribution < -0.4 is 0 Å². The highest BCUT2D eigenvalue weighted by Crippen LogP contribution is 2.45. The minimum absolute atomic E-state index is 0.0703. The first-order valence-corrected chi connectivity index (χ1v) is 10.5. The molecule has 0 amide bonds. The number of allylic oxidation sites excluding steroid dienone is 4. The number of nitrogens with zero attached hydrogens (tertiary/aromatic N) is 3. The molecule has 0 spiro atoms. The molecule has 0 radical (unpaired) electrons. The smallest absolute Gasteiger partial charge is 0.416 e. The zero-order valence-electron chi connectivity index (χ0n) is 17.4. The van der Waals surface area contributed by atoms with E-state index in [-0.39, 0.29) is 24.3 Å². The van der Waals surface area contributed by atoms with Crippen molar-refractivity contribution in [1.82, 2.24) is 5.01 Å². The van der Waals surface area contributed by atoms with Crippen molar-refractivity contribution in [3.8, 4) is 0 Å². The summed E-state index contributed by atoms with van der Waals surface area (Å²) in [4.78, 5) is 0.415. The van der Waals surface area contributed by atoms with E-state index in [2.05, 4.69) is 5.11 Å². The summed E-state index contributed by atoms with van der Waals surface area (Å²) in [7, 11) is 0. The second kappa shape index (κ2) is 9.90. The van der Waals surface area contributed by atoms with Gasteiger partial charge in [-0.3, -0.25) is 0 Å². The number of unbranched alkanes of at least 4 members (excludes halogenated alkanes) is 2. The third kappa shape index (κ3) is 5.51. The summed E-state index contributed by atoms with van der Waals surface area (Å²) in [5.74, 6) is 0.698. The molecule has 31 heavy (non-hydrogen) atoms. The van der Waals surface area contributed by atoms with Crippen LogP contribution in [-0.2, 0) is 9.47 Å². The number of halogens is 3. The van der Waals surface area contributed by atoms with Crippen molar-refractivity contribution >= 4 is 0 Å². The molecule has 0 aromatic heterocycles. The van der Waals surface area contributed by atoms with Gasteiger partial charge in [-0.2, -0.15) is 13.2 Å². The van der Waals surface area contributed by atoms with Gasteiger partial charge in [-0.1, -0.05) is 13.3 Å². The maximum atomic E-state index is 13.4. The Morgan fingerprint density at radius 3 is 2.71 bits per heavy atom. The summed E-state index contributed by atoms with van der Waals surface area (Å²) in [6.45, 7) is 2.74. The van der Waals surface area contributed by atoms with Crippen molar-refractivity contribution in [2.24, 2.45) is 5.11 Å². The van der Waals surface area contributed by atoms with Gasteiger partial charge in [0.1, 0.15) is 11.5 Å². The highest BCUT2D eigenvalue weighted by Gasteiger charge is 2.42. The largest absolute Gasteiger partial charge is 0.571 e. The Hall–Kier alpha value is -2.27. The Kier molecular flexibility index (Phi) is 7.47. The van der Waals surface area contributed by atoms with Crippen molar-refractivity contribution in [3.63, 3.8) is 0 Å². The lowest BCUT2D eigenvalue weighted by molar-refractivity contribution is -0.689. The summed E-state index contributed by atoms with van der Waals surface area (Å²) in [5.41, 5.74) is -0.177. The number of hydrogen-bond acceptors (Lipinski definition) is 7. The first-order valence-electron chi connectivity index (χ1n) is 10.5. The van der Waals surface area contributed by atoms with Crippen molar-refractivity contribution < 1.29 is 37.8 Å². The fourth-order valence-corrected chi connectivity index (χ4v) is 3.95. The average molecular weight is 447 g/mol. The van der Waals surface area contributed by atoms with Gasteiger partial charge in [0.25, 0.3) is 0 Å². The van der Waals surface area contributed by atoms with Crippen molar-refractivity contribution in [2.75, 3.05) is 19.7 Å². The van der Waals surface area contributed by atoms with Gasteiger partial charge in [0, 0.05) is 27.7 Å². The Bertz CT molecular complexity index is 791. The quantitative estimate of drug-likeness (QED) is 0.318. The molecule has 2 atom stereocenters. The molecular weight excluding hydrogens is 419 g/mol. The molecule has 0 bridgehead atoms. The Morgan fingerprint density at radius 2 is 2.06 bits per heavy atom. The molecule has 0 aromatic carbocycles. The van der Waals surface area contributed by atoms with Crippen LogP contribution in [0.2, 0.25) is 0 Å². The van der Waals surface area contributed by atoms with Crippen LogP contribution in [0.25, 0.3) is 0 Å². The number of aliphatic hydroxyl groups excluding tert-OH is 2. The van der Waals surface area contributed by atoms with Crippen molar-refractivity contribution in [1.29, 1.82) is 0 Å². The zero-order valence-corrected chi connectivity index (χ0v) is 17.4. The first kappa shape index (κ1) is 23.4. The molecule has 11 heteroatoms. The monoisotopic (exact) mass is 447 g/mol. The van der Waals surface area contributed by atoms with E-state index in [1.807, 2.05) is 6.92 Å². The second-order valence-corrected chi connectivity index (χ2v) is 7.68. The zero-order chi connectivity index (χ0) is 22.6. The lowest BCUT2D eigenvalue weighted by Crippen LogP contribution is -2.36. The topological polar surface area (TPSA) is 101 Å². The van der Waals surface area contributed by atoms with Crippen LogP contribution in [0, 0.1) is 5.21 Å². The summed E-state index contributed by atoms with van der Waals surface area (Å²) in [5, 5.41) is 35.7. The summed E-state index contributed by atoms with van der Waals surface area (Å²) in [6, 6.07) is 0. The van der Waals surface area contributed by atoms with Gasteiger partial charge < -0.3 is 24.9 Å². The van der Waals surface area contributed by atoms with Crippen LogP contribution in [0.15, 0.2) is 39.4 Å². The van der Waals surface area contributed by atoms with Gasteiger partial charge >= 0.3 is 6.18 Å². The normalized spacial score (nSPS) is 24.1. The molecule has 3 aliphatic rings. The lowest BCUT2D eigenvalue weighted by Gasteiger charge is -2.32. The molecule has 174 valence electrons. The summed E-state index contributed by atoms with van der Waals surface area (Å²) in [6.07, 6.45) is -2.63. The maximum Gasteiger partial charge on any atom is 0.416 e. The highest BCUT2D eigenvalue weighted by molar-refractivity contribution is 5.49. The highest BCUT2D eigenvalue weighted by atomic mass is 19.4. The number of alkyl halides is 3. The fourth-order valence-electron chi connectivity index (χ4n) is 3.95. The molecule has 0 fully saturated rings. The van der Waals surface area contributed by atoms with Crippen LogP contribution in [0.1, 0.15) is 51.9 Å². The number of ether oxygens (including phenoxy) is 2. The van der Waals surface area contributed by atoms with Crippen LogP contribution in [0.5, 0.6) is 0 Å². The second-order valence-electron chi connectivity index (χ2n) is 7.68. The van der Waals surface area contributed by atoms with E-state index in [1.165, 1.54) is 5.01 Å². The van der Waals surface area contributed by atoms with Crippen molar-refractivity contribution in [2.45, 2.75) is 70.6 Å². The lowest BCUT2D eigenvalue weighted by atomic mass is 9.87. The Balaban J connectivity index is 1.59.